The van der Waals surface area contributed by atoms with E-state index in [-0.39, 0.29) is 3.92 Å². The van der Waals surface area contributed by atoms with Gasteiger partial charge in [0.15, 0.2) is 0 Å². The molecule has 0 aromatic heterocycles. The molecule has 0 saturated carbocycles. The molecule has 0 aliphatic heterocycles. The summed E-state index contributed by atoms with van der Waals surface area (Å²) >= 11 is 2.08. The zero-order chi connectivity index (χ0) is 6.41. The van der Waals surface area contributed by atoms with Gasteiger partial charge in [-0.1, -0.05) is 22.6 Å². The summed E-state index contributed by atoms with van der Waals surface area (Å²) in [6.07, 6.45) is 2.64. The summed E-state index contributed by atoms with van der Waals surface area (Å²) in [5.74, 6) is 0. The third-order valence-corrected chi connectivity index (χ3v) is 1.72. The van der Waals surface area contributed by atoms with E-state index in [9.17, 15) is 9.59 Å². The van der Waals surface area contributed by atoms with Crippen molar-refractivity contribution in [3.05, 3.63) is 0 Å². The Kier molecular flexibility index (Phi) is 5.26. The molecular formula is C5H7IO2. The van der Waals surface area contributed by atoms with Gasteiger partial charge >= 0.3 is 0 Å². The van der Waals surface area contributed by atoms with Gasteiger partial charge in [-0.25, -0.2) is 0 Å². The first kappa shape index (κ1) is 8.07. The van der Waals surface area contributed by atoms with E-state index >= 15 is 0 Å². The fourth-order valence-electron chi connectivity index (χ4n) is 0.305. The molecule has 0 heterocycles. The van der Waals surface area contributed by atoms with Crippen molar-refractivity contribution in [1.82, 2.24) is 0 Å². The molecule has 0 atom stereocenters. The second-order valence-corrected chi connectivity index (χ2v) is 3.16. The molecule has 0 aromatic carbocycles. The fourth-order valence-corrected chi connectivity index (χ4v) is 0.720. The van der Waals surface area contributed by atoms with Crippen LogP contribution in [0.15, 0.2) is 0 Å². The van der Waals surface area contributed by atoms with E-state index in [1.807, 2.05) is 0 Å². The number of alkyl halides is 1. The van der Waals surface area contributed by atoms with Crippen LogP contribution in [-0.2, 0) is 9.59 Å². The monoisotopic (exact) mass is 226 g/mol. The van der Waals surface area contributed by atoms with E-state index in [2.05, 4.69) is 22.6 Å². The molecule has 3 heteroatoms. The molecule has 46 valence electrons. The number of hydrogen-bond donors (Lipinski definition) is 0. The third kappa shape index (κ3) is 4.23. The van der Waals surface area contributed by atoms with Gasteiger partial charge in [0.2, 0.25) is 0 Å². The molecule has 0 saturated heterocycles. The van der Waals surface area contributed by atoms with Crippen LogP contribution >= 0.6 is 22.6 Å². The van der Waals surface area contributed by atoms with Crippen LogP contribution in [0.5, 0.6) is 0 Å². The predicted octanol–water partition coefficient (Wildman–Crippen LogP) is 0.968. The summed E-state index contributed by atoms with van der Waals surface area (Å²) in [5, 5.41) is 0. The van der Waals surface area contributed by atoms with Crippen LogP contribution in [0.2, 0.25) is 0 Å². The lowest BCUT2D eigenvalue weighted by molar-refractivity contribution is -0.108. The van der Waals surface area contributed by atoms with E-state index < -0.39 is 0 Å². The molecule has 0 rings (SSSR count). The van der Waals surface area contributed by atoms with Gasteiger partial charge in [0, 0.05) is 16.8 Å². The molecule has 0 amide bonds. The van der Waals surface area contributed by atoms with Crippen LogP contribution < -0.4 is 0 Å². The number of aldehydes is 2. The van der Waals surface area contributed by atoms with Crippen molar-refractivity contribution in [3.8, 4) is 0 Å². The molecule has 0 unspecified atom stereocenters. The summed E-state index contributed by atoms with van der Waals surface area (Å²) in [4.78, 5) is 19.5. The molecule has 0 aliphatic carbocycles. The van der Waals surface area contributed by atoms with Crippen molar-refractivity contribution in [2.75, 3.05) is 0 Å². The smallest absolute Gasteiger partial charge is 0.121 e. The SMILES string of the molecule is O=CCC(I)CC=O. The number of rotatable bonds is 4. The van der Waals surface area contributed by atoms with Crippen molar-refractivity contribution in [2.24, 2.45) is 0 Å². The minimum atomic E-state index is 0.197. The summed E-state index contributed by atoms with van der Waals surface area (Å²) in [6.45, 7) is 0. The maximum atomic E-state index is 9.77. The van der Waals surface area contributed by atoms with Gasteiger partial charge < -0.3 is 9.59 Å². The number of halogens is 1. The molecule has 0 fully saturated rings. The van der Waals surface area contributed by atoms with Gasteiger partial charge in [0.1, 0.15) is 12.6 Å². The highest BCUT2D eigenvalue weighted by Crippen LogP contribution is 2.05. The zero-order valence-electron chi connectivity index (χ0n) is 4.34. The van der Waals surface area contributed by atoms with Crippen LogP contribution in [0.25, 0.3) is 0 Å². The largest absolute Gasteiger partial charge is 0.303 e. The Labute approximate surface area is 61.8 Å². The van der Waals surface area contributed by atoms with E-state index in [0.29, 0.717) is 12.8 Å². The second kappa shape index (κ2) is 5.21. The van der Waals surface area contributed by atoms with Crippen LogP contribution in [0.4, 0.5) is 0 Å². The molecule has 0 radical (unpaired) electrons. The lowest BCUT2D eigenvalue weighted by Crippen LogP contribution is -1.97. The molecule has 0 aromatic rings. The number of hydrogen-bond acceptors (Lipinski definition) is 2. The number of carbonyl (C=O) groups is 2. The average Bonchev–Trinajstić information content (AvgIpc) is 1.68. The van der Waals surface area contributed by atoms with Crippen molar-refractivity contribution in [2.45, 2.75) is 16.8 Å². The van der Waals surface area contributed by atoms with Crippen LogP contribution in [0.3, 0.4) is 0 Å². The van der Waals surface area contributed by atoms with Crippen molar-refractivity contribution < 1.29 is 9.59 Å². The normalized spacial score (nSPS) is 9.25. The Morgan fingerprint density at radius 2 is 1.62 bits per heavy atom. The van der Waals surface area contributed by atoms with Crippen molar-refractivity contribution in [3.63, 3.8) is 0 Å². The van der Waals surface area contributed by atoms with Gasteiger partial charge in [0.25, 0.3) is 0 Å². The maximum Gasteiger partial charge on any atom is 0.121 e. The molecule has 0 N–H and O–H groups in total. The van der Waals surface area contributed by atoms with Crippen LogP contribution in [0.1, 0.15) is 12.8 Å². The zero-order valence-corrected chi connectivity index (χ0v) is 6.50. The highest BCUT2D eigenvalue weighted by Gasteiger charge is 1.99. The van der Waals surface area contributed by atoms with Crippen LogP contribution in [-0.4, -0.2) is 16.5 Å². The fraction of sp³-hybridized carbons (Fsp3) is 0.600. The highest BCUT2D eigenvalue weighted by molar-refractivity contribution is 14.1. The molecule has 2 nitrogen and oxygen atoms in total. The summed E-state index contributed by atoms with van der Waals surface area (Å²) in [5.41, 5.74) is 0. The minimum Gasteiger partial charge on any atom is -0.303 e. The molecule has 0 bridgehead atoms. The molecule has 0 spiro atoms. The topological polar surface area (TPSA) is 34.1 Å². The Hall–Kier alpha value is 0.0700. The molecule has 8 heavy (non-hydrogen) atoms. The first-order valence-corrected chi connectivity index (χ1v) is 3.57. The average molecular weight is 226 g/mol. The highest BCUT2D eigenvalue weighted by atomic mass is 127. The first-order chi connectivity index (χ1) is 3.81. The molecule has 0 aliphatic rings. The predicted molar refractivity (Wildman–Crippen MR) is 39.2 cm³/mol. The summed E-state index contributed by atoms with van der Waals surface area (Å²) < 4.78 is 0.197. The Morgan fingerprint density at radius 3 is 1.88 bits per heavy atom. The second-order valence-electron chi connectivity index (χ2n) is 1.40. The van der Waals surface area contributed by atoms with Gasteiger partial charge in [0.05, 0.1) is 0 Å². The maximum absolute atomic E-state index is 9.77. The Morgan fingerprint density at radius 1 is 1.25 bits per heavy atom. The van der Waals surface area contributed by atoms with Gasteiger partial charge in [-0.3, -0.25) is 0 Å². The Balaban J connectivity index is 3.16. The third-order valence-electron chi connectivity index (χ3n) is 0.704. The van der Waals surface area contributed by atoms with Crippen molar-refractivity contribution in [1.29, 1.82) is 0 Å². The van der Waals surface area contributed by atoms with Crippen molar-refractivity contribution >= 4 is 35.2 Å². The standard InChI is InChI=1S/C5H7IO2/c6-5(1-3-7)2-4-8/h3-5H,1-2H2. The van der Waals surface area contributed by atoms with E-state index in [1.165, 1.54) is 0 Å². The van der Waals surface area contributed by atoms with E-state index in [1.54, 1.807) is 0 Å². The lowest BCUT2D eigenvalue weighted by atomic mass is 10.3. The quantitative estimate of drug-likeness (QED) is 0.406. The number of carbonyl (C=O) groups excluding carboxylic acids is 2. The van der Waals surface area contributed by atoms with E-state index in [4.69, 9.17) is 0 Å². The minimum absolute atomic E-state index is 0.197. The lowest BCUT2D eigenvalue weighted by Gasteiger charge is -1.95. The Bertz CT molecular complexity index is 72.5. The van der Waals surface area contributed by atoms with Gasteiger partial charge in [-0.05, 0) is 0 Å². The van der Waals surface area contributed by atoms with Crippen LogP contribution in [0, 0.1) is 0 Å². The van der Waals surface area contributed by atoms with Gasteiger partial charge in [-0.15, -0.1) is 0 Å². The van der Waals surface area contributed by atoms with Gasteiger partial charge in [-0.2, -0.15) is 0 Å². The molecular weight excluding hydrogens is 219 g/mol. The van der Waals surface area contributed by atoms with E-state index in [0.717, 1.165) is 12.6 Å². The summed E-state index contributed by atoms with van der Waals surface area (Å²) in [6, 6.07) is 0. The summed E-state index contributed by atoms with van der Waals surface area (Å²) in [7, 11) is 0. The first-order valence-electron chi connectivity index (χ1n) is 2.32.